The van der Waals surface area contributed by atoms with Crippen molar-refractivity contribution in [1.29, 1.82) is 0 Å². The second-order valence-corrected chi connectivity index (χ2v) is 5.61. The van der Waals surface area contributed by atoms with E-state index in [-0.39, 0.29) is 0 Å². The number of nitrogens with one attached hydrogen (secondary N) is 1. The molecule has 0 unspecified atom stereocenters. The number of aromatic amines is 1. The van der Waals surface area contributed by atoms with Crippen LogP contribution in [0.2, 0.25) is 0 Å². The number of fused-ring (bicyclic) bond motifs is 2. The molecule has 0 aliphatic heterocycles. The molecule has 0 saturated heterocycles. The van der Waals surface area contributed by atoms with Gasteiger partial charge in [0.15, 0.2) is 0 Å². The van der Waals surface area contributed by atoms with Crippen LogP contribution in [0.25, 0.3) is 33.1 Å². The van der Waals surface area contributed by atoms with E-state index in [1.54, 1.807) is 24.4 Å². The normalized spacial score (nSPS) is 12.2. The summed E-state index contributed by atoms with van der Waals surface area (Å²) >= 11 is 0. The lowest BCUT2D eigenvalue weighted by Crippen LogP contribution is -2.06. The molecular formula is C18H12F3N3. The summed E-state index contributed by atoms with van der Waals surface area (Å²) in [7, 11) is 0. The van der Waals surface area contributed by atoms with Gasteiger partial charge in [0, 0.05) is 17.1 Å². The molecule has 120 valence electrons. The molecule has 2 aromatic carbocycles. The number of halogens is 3. The van der Waals surface area contributed by atoms with Crippen LogP contribution < -0.4 is 0 Å². The first-order chi connectivity index (χ1) is 11.4. The van der Waals surface area contributed by atoms with Gasteiger partial charge in [0.05, 0.1) is 16.6 Å². The Morgan fingerprint density at radius 2 is 1.83 bits per heavy atom. The molecule has 2 heterocycles. The molecular weight excluding hydrogens is 315 g/mol. The Morgan fingerprint density at radius 3 is 2.62 bits per heavy atom. The maximum absolute atomic E-state index is 13.0. The van der Waals surface area contributed by atoms with Gasteiger partial charge in [-0.2, -0.15) is 13.2 Å². The fourth-order valence-corrected chi connectivity index (χ4v) is 2.99. The van der Waals surface area contributed by atoms with Crippen molar-refractivity contribution in [3.63, 3.8) is 0 Å². The molecule has 3 nitrogen and oxygen atoms in total. The summed E-state index contributed by atoms with van der Waals surface area (Å²) in [5, 5.41) is 0.890. The number of para-hydroxylation sites is 1. The van der Waals surface area contributed by atoms with Crippen LogP contribution in [0.15, 0.2) is 48.7 Å². The van der Waals surface area contributed by atoms with Crippen LogP contribution in [0.4, 0.5) is 13.2 Å². The topological polar surface area (TPSA) is 41.6 Å². The molecule has 4 rings (SSSR count). The fourth-order valence-electron chi connectivity index (χ4n) is 2.99. The minimum Gasteiger partial charge on any atom is -0.334 e. The highest BCUT2D eigenvalue weighted by Crippen LogP contribution is 2.36. The number of H-pyrrole nitrogens is 1. The number of imidazole rings is 1. The highest BCUT2D eigenvalue weighted by molar-refractivity contribution is 6.03. The lowest BCUT2D eigenvalue weighted by atomic mass is 9.95. The molecule has 0 atom stereocenters. The van der Waals surface area contributed by atoms with Crippen molar-refractivity contribution in [2.75, 3.05) is 0 Å². The van der Waals surface area contributed by atoms with E-state index in [1.165, 1.54) is 0 Å². The van der Waals surface area contributed by atoms with Crippen molar-refractivity contribution in [3.8, 4) is 11.1 Å². The number of hydrogen-bond donors (Lipinski definition) is 1. The van der Waals surface area contributed by atoms with E-state index in [0.717, 1.165) is 22.0 Å². The first-order valence-electron chi connectivity index (χ1n) is 7.36. The van der Waals surface area contributed by atoms with Gasteiger partial charge in [0.25, 0.3) is 0 Å². The van der Waals surface area contributed by atoms with Gasteiger partial charge >= 0.3 is 6.18 Å². The van der Waals surface area contributed by atoms with E-state index in [0.29, 0.717) is 16.6 Å². The van der Waals surface area contributed by atoms with Gasteiger partial charge in [0.1, 0.15) is 0 Å². The number of benzene rings is 2. The number of aryl methyl sites for hydroxylation is 1. The molecule has 2 aromatic heterocycles. The van der Waals surface area contributed by atoms with Crippen LogP contribution in [0.5, 0.6) is 0 Å². The van der Waals surface area contributed by atoms with Gasteiger partial charge in [-0.25, -0.2) is 4.98 Å². The van der Waals surface area contributed by atoms with Gasteiger partial charge in [-0.05, 0) is 36.2 Å². The van der Waals surface area contributed by atoms with Crippen molar-refractivity contribution in [2.45, 2.75) is 13.1 Å². The summed E-state index contributed by atoms with van der Waals surface area (Å²) in [5.41, 5.74) is 3.94. The molecule has 1 N–H and O–H groups in total. The zero-order valence-corrected chi connectivity index (χ0v) is 12.6. The average molecular weight is 327 g/mol. The lowest BCUT2D eigenvalue weighted by Gasteiger charge is -2.10. The molecule has 24 heavy (non-hydrogen) atoms. The summed E-state index contributed by atoms with van der Waals surface area (Å²) in [6, 6.07) is 12.7. The Balaban J connectivity index is 2.08. The molecule has 4 aromatic rings. The Hall–Kier alpha value is -2.89. The standard InChI is InChI=1S/C18H12F3N3/c1-10-7-8-13-11(5-3-9-22-13)15(10)12-4-2-6-14-16(12)24-17(23-14)18(19,20)21/h2-9H,1H3,(H,23,24). The molecule has 0 bridgehead atoms. The number of nitrogens with zero attached hydrogens (tertiary/aromatic N) is 2. The molecule has 0 fully saturated rings. The van der Waals surface area contributed by atoms with E-state index in [9.17, 15) is 13.2 Å². The molecule has 0 saturated carbocycles. The van der Waals surface area contributed by atoms with E-state index in [4.69, 9.17) is 0 Å². The Labute approximate surface area is 135 Å². The Bertz CT molecular complexity index is 1060. The second kappa shape index (κ2) is 5.06. The van der Waals surface area contributed by atoms with Crippen LogP contribution in [0.1, 0.15) is 11.4 Å². The van der Waals surface area contributed by atoms with Gasteiger partial charge < -0.3 is 4.98 Å². The zero-order valence-electron chi connectivity index (χ0n) is 12.6. The Kier molecular flexibility index (Phi) is 3.09. The molecule has 0 aliphatic carbocycles. The Morgan fingerprint density at radius 1 is 1.00 bits per heavy atom. The SMILES string of the molecule is Cc1ccc2ncccc2c1-c1cccc2[nH]c(C(F)(F)F)nc12. The second-order valence-electron chi connectivity index (χ2n) is 5.61. The number of hydrogen-bond acceptors (Lipinski definition) is 2. The van der Waals surface area contributed by atoms with Gasteiger partial charge in [-0.15, -0.1) is 0 Å². The monoisotopic (exact) mass is 327 g/mol. The van der Waals surface area contributed by atoms with Crippen molar-refractivity contribution in [2.24, 2.45) is 0 Å². The lowest BCUT2D eigenvalue weighted by molar-refractivity contribution is -0.144. The number of aromatic nitrogens is 3. The minimum atomic E-state index is -4.51. The largest absolute Gasteiger partial charge is 0.449 e. The van der Waals surface area contributed by atoms with Crippen LogP contribution >= 0.6 is 0 Å². The number of alkyl halides is 3. The number of pyridine rings is 1. The molecule has 6 heteroatoms. The average Bonchev–Trinajstić information content (AvgIpc) is 2.99. The van der Waals surface area contributed by atoms with Crippen molar-refractivity contribution in [3.05, 3.63) is 60.0 Å². The summed E-state index contributed by atoms with van der Waals surface area (Å²) in [4.78, 5) is 10.5. The van der Waals surface area contributed by atoms with Gasteiger partial charge in [-0.3, -0.25) is 4.98 Å². The molecule has 0 spiro atoms. The summed E-state index contributed by atoms with van der Waals surface area (Å²) < 4.78 is 39.0. The smallest absolute Gasteiger partial charge is 0.334 e. The van der Waals surface area contributed by atoms with E-state index < -0.39 is 12.0 Å². The predicted molar refractivity (Wildman–Crippen MR) is 86.6 cm³/mol. The maximum Gasteiger partial charge on any atom is 0.449 e. The number of rotatable bonds is 1. The fraction of sp³-hybridized carbons (Fsp3) is 0.111. The molecule has 0 aliphatic rings. The highest BCUT2D eigenvalue weighted by atomic mass is 19.4. The van der Waals surface area contributed by atoms with Crippen LogP contribution in [-0.2, 0) is 6.18 Å². The predicted octanol–water partition coefficient (Wildman–Crippen LogP) is 5.11. The highest BCUT2D eigenvalue weighted by Gasteiger charge is 2.35. The molecule has 0 amide bonds. The summed E-state index contributed by atoms with van der Waals surface area (Å²) in [5.74, 6) is -0.985. The third kappa shape index (κ3) is 2.22. The van der Waals surface area contributed by atoms with Crippen LogP contribution in [-0.4, -0.2) is 15.0 Å². The first kappa shape index (κ1) is 14.7. The van der Waals surface area contributed by atoms with E-state index >= 15 is 0 Å². The van der Waals surface area contributed by atoms with Gasteiger partial charge in [-0.1, -0.05) is 24.3 Å². The van der Waals surface area contributed by atoms with Crippen LogP contribution in [0.3, 0.4) is 0 Å². The minimum absolute atomic E-state index is 0.310. The van der Waals surface area contributed by atoms with Crippen molar-refractivity contribution >= 4 is 21.9 Å². The van der Waals surface area contributed by atoms with Crippen molar-refractivity contribution in [1.82, 2.24) is 15.0 Å². The van der Waals surface area contributed by atoms with E-state index in [2.05, 4.69) is 15.0 Å². The third-order valence-electron chi connectivity index (χ3n) is 4.04. The van der Waals surface area contributed by atoms with Crippen molar-refractivity contribution < 1.29 is 13.2 Å². The summed E-state index contributed by atoms with van der Waals surface area (Å²) in [6.07, 6.45) is -2.82. The summed E-state index contributed by atoms with van der Waals surface area (Å²) in [6.45, 7) is 1.93. The van der Waals surface area contributed by atoms with Gasteiger partial charge in [0.2, 0.25) is 5.82 Å². The quantitative estimate of drug-likeness (QED) is 0.528. The van der Waals surface area contributed by atoms with E-state index in [1.807, 2.05) is 31.2 Å². The molecule has 0 radical (unpaired) electrons. The first-order valence-corrected chi connectivity index (χ1v) is 7.36. The maximum atomic E-state index is 13.0. The van der Waals surface area contributed by atoms with Crippen LogP contribution in [0, 0.1) is 6.92 Å². The third-order valence-corrected chi connectivity index (χ3v) is 4.04. The zero-order chi connectivity index (χ0) is 16.9.